The van der Waals surface area contributed by atoms with E-state index in [9.17, 15) is 0 Å². The fraction of sp³-hybridized carbons (Fsp3) is 0.357. The van der Waals surface area contributed by atoms with Crippen LogP contribution in [0.25, 0.3) is 0 Å². The highest BCUT2D eigenvalue weighted by Crippen LogP contribution is 2.33. The van der Waals surface area contributed by atoms with Gasteiger partial charge in [0.2, 0.25) is 0 Å². The van der Waals surface area contributed by atoms with Gasteiger partial charge in [0.1, 0.15) is 6.61 Å². The number of benzene rings is 1. The van der Waals surface area contributed by atoms with Crippen molar-refractivity contribution >= 4 is 0 Å². The van der Waals surface area contributed by atoms with E-state index in [-0.39, 0.29) is 0 Å². The van der Waals surface area contributed by atoms with Crippen LogP contribution in [0, 0.1) is 0 Å². The van der Waals surface area contributed by atoms with Crippen LogP contribution in [0.4, 0.5) is 0 Å². The van der Waals surface area contributed by atoms with Crippen molar-refractivity contribution in [2.24, 2.45) is 0 Å². The molecule has 1 N–H and O–H groups in total. The lowest BCUT2D eigenvalue weighted by molar-refractivity contribution is 0.215. The summed E-state index contributed by atoms with van der Waals surface area (Å²) in [4.78, 5) is 2.33. The predicted molar refractivity (Wildman–Crippen MR) is 71.2 cm³/mol. The monoisotopic (exact) mass is 259 g/mol. The quantitative estimate of drug-likeness (QED) is 0.913. The van der Waals surface area contributed by atoms with Gasteiger partial charge in [0.25, 0.3) is 0 Å². The summed E-state index contributed by atoms with van der Waals surface area (Å²) in [6, 6.07) is 8.02. The molecule has 0 spiro atoms. The summed E-state index contributed by atoms with van der Waals surface area (Å²) in [5.41, 5.74) is 2.28. The maximum atomic E-state index is 5.83. The number of aromatic nitrogens is 2. The van der Waals surface area contributed by atoms with Gasteiger partial charge in [-0.05, 0) is 12.1 Å². The summed E-state index contributed by atoms with van der Waals surface area (Å²) >= 11 is 0. The number of para-hydroxylation sites is 1. The molecular formula is C14H17N3O2. The first-order valence-corrected chi connectivity index (χ1v) is 6.36. The van der Waals surface area contributed by atoms with Gasteiger partial charge in [-0.25, -0.2) is 0 Å². The van der Waals surface area contributed by atoms with Crippen LogP contribution in [0.3, 0.4) is 0 Å². The SMILES string of the molecule is COc1cccc2c1OCCN(Cc1ccn[nH]1)C2. The van der Waals surface area contributed by atoms with Crippen molar-refractivity contribution in [3.63, 3.8) is 0 Å². The Hall–Kier alpha value is -2.01. The Morgan fingerprint density at radius 3 is 3.16 bits per heavy atom. The number of nitrogens with zero attached hydrogens (tertiary/aromatic N) is 2. The van der Waals surface area contributed by atoms with Gasteiger partial charge in [0.05, 0.1) is 7.11 Å². The molecule has 1 aliphatic rings. The molecule has 2 aromatic rings. The average molecular weight is 259 g/mol. The summed E-state index contributed by atoms with van der Waals surface area (Å²) in [7, 11) is 1.67. The fourth-order valence-corrected chi connectivity index (χ4v) is 2.36. The zero-order chi connectivity index (χ0) is 13.1. The molecule has 0 amide bonds. The van der Waals surface area contributed by atoms with Crippen LogP contribution in [0.1, 0.15) is 11.3 Å². The second-order valence-electron chi connectivity index (χ2n) is 4.59. The molecule has 0 bridgehead atoms. The van der Waals surface area contributed by atoms with Gasteiger partial charge in [0.15, 0.2) is 11.5 Å². The number of ether oxygens (including phenoxy) is 2. The first kappa shape index (κ1) is 12.0. The Morgan fingerprint density at radius 2 is 2.37 bits per heavy atom. The fourth-order valence-electron chi connectivity index (χ4n) is 2.36. The van der Waals surface area contributed by atoms with Crippen molar-refractivity contribution in [3.05, 3.63) is 41.7 Å². The maximum Gasteiger partial charge on any atom is 0.165 e. The minimum absolute atomic E-state index is 0.668. The van der Waals surface area contributed by atoms with Gasteiger partial charge >= 0.3 is 0 Å². The lowest BCUT2D eigenvalue weighted by Gasteiger charge is -2.18. The molecule has 0 aliphatic carbocycles. The lowest BCUT2D eigenvalue weighted by atomic mass is 10.1. The number of hydrogen-bond donors (Lipinski definition) is 1. The zero-order valence-electron chi connectivity index (χ0n) is 10.9. The van der Waals surface area contributed by atoms with Gasteiger partial charge in [0, 0.05) is 37.1 Å². The van der Waals surface area contributed by atoms with Crippen molar-refractivity contribution in [1.29, 1.82) is 0 Å². The van der Waals surface area contributed by atoms with Gasteiger partial charge in [-0.1, -0.05) is 12.1 Å². The lowest BCUT2D eigenvalue weighted by Crippen LogP contribution is -2.25. The summed E-state index contributed by atoms with van der Waals surface area (Å²) in [5.74, 6) is 1.68. The maximum absolute atomic E-state index is 5.83. The summed E-state index contributed by atoms with van der Waals surface area (Å²) in [6.07, 6.45) is 1.78. The van der Waals surface area contributed by atoms with Gasteiger partial charge in [-0.2, -0.15) is 5.10 Å². The molecule has 0 unspecified atom stereocenters. The Labute approximate surface area is 112 Å². The molecule has 0 saturated carbocycles. The van der Waals surface area contributed by atoms with E-state index < -0.39 is 0 Å². The summed E-state index contributed by atoms with van der Waals surface area (Å²) in [6.45, 7) is 3.25. The van der Waals surface area contributed by atoms with Crippen LogP contribution in [0.5, 0.6) is 11.5 Å². The number of methoxy groups -OCH3 is 1. The molecule has 0 fully saturated rings. The van der Waals surface area contributed by atoms with Gasteiger partial charge in [-0.15, -0.1) is 0 Å². The summed E-state index contributed by atoms with van der Waals surface area (Å²) < 4.78 is 11.2. The highest BCUT2D eigenvalue weighted by molar-refractivity contribution is 5.47. The molecule has 1 aromatic heterocycles. The van der Waals surface area contributed by atoms with Crippen molar-refractivity contribution in [2.45, 2.75) is 13.1 Å². The van der Waals surface area contributed by atoms with Crippen molar-refractivity contribution in [1.82, 2.24) is 15.1 Å². The molecule has 100 valence electrons. The van der Waals surface area contributed by atoms with Crippen LogP contribution >= 0.6 is 0 Å². The molecule has 5 heteroatoms. The Bertz CT molecular complexity index is 540. The van der Waals surface area contributed by atoms with Gasteiger partial charge < -0.3 is 9.47 Å². The second-order valence-corrected chi connectivity index (χ2v) is 4.59. The minimum atomic E-state index is 0.668. The molecule has 1 aliphatic heterocycles. The smallest absolute Gasteiger partial charge is 0.165 e. The number of H-pyrrole nitrogens is 1. The van der Waals surface area contributed by atoms with E-state index in [1.165, 1.54) is 0 Å². The van der Waals surface area contributed by atoms with Crippen LogP contribution < -0.4 is 9.47 Å². The van der Waals surface area contributed by atoms with E-state index in [0.717, 1.165) is 42.4 Å². The molecule has 1 aromatic carbocycles. The molecule has 0 atom stereocenters. The molecule has 3 rings (SSSR count). The van der Waals surface area contributed by atoms with Crippen molar-refractivity contribution in [3.8, 4) is 11.5 Å². The number of aromatic amines is 1. The van der Waals surface area contributed by atoms with E-state index >= 15 is 0 Å². The standard InChI is InChI=1S/C14H17N3O2/c1-18-13-4-2-3-11-9-17(7-8-19-14(11)13)10-12-5-6-15-16-12/h2-6H,7-10H2,1H3,(H,15,16). The Kier molecular flexibility index (Phi) is 3.37. The second kappa shape index (κ2) is 5.32. The highest BCUT2D eigenvalue weighted by atomic mass is 16.5. The Morgan fingerprint density at radius 1 is 1.42 bits per heavy atom. The first-order valence-electron chi connectivity index (χ1n) is 6.36. The third kappa shape index (κ3) is 2.56. The first-order chi connectivity index (χ1) is 9.36. The van der Waals surface area contributed by atoms with E-state index in [2.05, 4.69) is 21.2 Å². The van der Waals surface area contributed by atoms with Gasteiger partial charge in [-0.3, -0.25) is 10.00 Å². The van der Waals surface area contributed by atoms with Crippen LogP contribution in [-0.2, 0) is 13.1 Å². The normalized spacial score (nSPS) is 15.4. The van der Waals surface area contributed by atoms with Crippen molar-refractivity contribution < 1.29 is 9.47 Å². The average Bonchev–Trinajstić information content (AvgIpc) is 2.84. The summed E-state index contributed by atoms with van der Waals surface area (Å²) in [5, 5.41) is 6.97. The third-order valence-electron chi connectivity index (χ3n) is 3.28. The number of hydrogen-bond acceptors (Lipinski definition) is 4. The van der Waals surface area contributed by atoms with Crippen molar-refractivity contribution in [2.75, 3.05) is 20.3 Å². The van der Waals surface area contributed by atoms with E-state index in [4.69, 9.17) is 9.47 Å². The number of fused-ring (bicyclic) bond motifs is 1. The third-order valence-corrected chi connectivity index (χ3v) is 3.28. The van der Waals surface area contributed by atoms with E-state index in [1.807, 2.05) is 18.2 Å². The molecule has 2 heterocycles. The number of nitrogens with one attached hydrogen (secondary N) is 1. The van der Waals surface area contributed by atoms with E-state index in [0.29, 0.717) is 6.61 Å². The molecule has 19 heavy (non-hydrogen) atoms. The molecule has 5 nitrogen and oxygen atoms in total. The van der Waals surface area contributed by atoms with Crippen LogP contribution in [0.15, 0.2) is 30.5 Å². The molecule has 0 radical (unpaired) electrons. The Balaban J connectivity index is 1.81. The molecular weight excluding hydrogens is 242 g/mol. The molecule has 0 saturated heterocycles. The van der Waals surface area contributed by atoms with Crippen LogP contribution in [-0.4, -0.2) is 35.4 Å². The number of rotatable bonds is 3. The highest BCUT2D eigenvalue weighted by Gasteiger charge is 2.18. The van der Waals surface area contributed by atoms with Crippen LogP contribution in [0.2, 0.25) is 0 Å². The minimum Gasteiger partial charge on any atom is -0.493 e. The van der Waals surface area contributed by atoms with E-state index in [1.54, 1.807) is 13.3 Å². The topological polar surface area (TPSA) is 50.4 Å². The predicted octanol–water partition coefficient (Wildman–Crippen LogP) is 1.81. The largest absolute Gasteiger partial charge is 0.493 e. The zero-order valence-corrected chi connectivity index (χ0v) is 10.9.